The molecule has 0 spiro atoms. The molecule has 1 aliphatic rings. The Bertz CT molecular complexity index is 610. The summed E-state index contributed by atoms with van der Waals surface area (Å²) < 4.78 is 5.38. The maximum atomic E-state index is 5.38. The second-order valence-corrected chi connectivity index (χ2v) is 5.53. The van der Waals surface area contributed by atoms with Crippen molar-refractivity contribution in [3.05, 3.63) is 30.0 Å². The van der Waals surface area contributed by atoms with Crippen LogP contribution in [-0.2, 0) is 4.74 Å². The van der Waals surface area contributed by atoms with Crippen LogP contribution in [0, 0.1) is 6.92 Å². The van der Waals surface area contributed by atoms with E-state index in [0.717, 1.165) is 50.9 Å². The molecule has 0 atom stereocenters. The lowest BCUT2D eigenvalue weighted by Gasteiger charge is -2.29. The lowest BCUT2D eigenvalue weighted by molar-refractivity contribution is 0.0393. The zero-order valence-electron chi connectivity index (χ0n) is 12.7. The van der Waals surface area contributed by atoms with Gasteiger partial charge in [0.25, 0.3) is 0 Å². The van der Waals surface area contributed by atoms with Crippen LogP contribution in [0.25, 0.3) is 10.8 Å². The van der Waals surface area contributed by atoms with Gasteiger partial charge in [-0.05, 0) is 6.92 Å². The number of ether oxygens (including phenoxy) is 1. The molecule has 0 unspecified atom stereocenters. The van der Waals surface area contributed by atoms with Crippen molar-refractivity contribution < 1.29 is 4.74 Å². The predicted molar refractivity (Wildman–Crippen MR) is 84.8 cm³/mol. The minimum Gasteiger partial charge on any atom is -0.379 e. The van der Waals surface area contributed by atoms with Crippen molar-refractivity contribution in [2.45, 2.75) is 6.92 Å². The molecule has 0 radical (unpaired) electrons. The Morgan fingerprint density at radius 3 is 2.62 bits per heavy atom. The van der Waals surface area contributed by atoms with Crippen molar-refractivity contribution in [2.75, 3.05) is 51.3 Å². The molecule has 1 aromatic heterocycles. The quantitative estimate of drug-likeness (QED) is 0.856. The summed E-state index contributed by atoms with van der Waals surface area (Å²) in [5.41, 5.74) is 0.982. The van der Waals surface area contributed by atoms with Gasteiger partial charge in [-0.15, -0.1) is 5.10 Å². The van der Waals surface area contributed by atoms with Crippen LogP contribution in [0.4, 0.5) is 5.82 Å². The van der Waals surface area contributed by atoms with Gasteiger partial charge in [0.1, 0.15) is 0 Å². The number of benzene rings is 1. The Kier molecular flexibility index (Phi) is 4.31. The van der Waals surface area contributed by atoms with E-state index >= 15 is 0 Å². The first kappa shape index (κ1) is 14.2. The van der Waals surface area contributed by atoms with E-state index in [2.05, 4.69) is 51.3 Å². The van der Waals surface area contributed by atoms with Gasteiger partial charge in [-0.1, -0.05) is 24.3 Å². The number of nitrogens with zero attached hydrogens (tertiary/aromatic N) is 4. The molecule has 1 fully saturated rings. The second kappa shape index (κ2) is 6.37. The molecular weight excluding hydrogens is 264 g/mol. The third kappa shape index (κ3) is 3.14. The molecule has 2 heterocycles. The summed E-state index contributed by atoms with van der Waals surface area (Å²) in [7, 11) is 2.09. The van der Waals surface area contributed by atoms with E-state index in [4.69, 9.17) is 4.74 Å². The summed E-state index contributed by atoms with van der Waals surface area (Å²) in [4.78, 5) is 4.63. The van der Waals surface area contributed by atoms with Crippen molar-refractivity contribution in [1.29, 1.82) is 0 Å². The normalized spacial score (nSPS) is 16.3. The molecule has 0 aliphatic carbocycles. The highest BCUT2D eigenvalue weighted by molar-refractivity contribution is 5.93. The number of hydrogen-bond donors (Lipinski definition) is 0. The third-order valence-electron chi connectivity index (χ3n) is 4.07. The highest BCUT2D eigenvalue weighted by Crippen LogP contribution is 2.24. The van der Waals surface area contributed by atoms with E-state index in [0.29, 0.717) is 0 Å². The second-order valence-electron chi connectivity index (χ2n) is 5.53. The molecule has 2 aromatic rings. The third-order valence-corrected chi connectivity index (χ3v) is 4.07. The van der Waals surface area contributed by atoms with Gasteiger partial charge in [-0.2, -0.15) is 5.10 Å². The average molecular weight is 286 g/mol. The van der Waals surface area contributed by atoms with Gasteiger partial charge < -0.3 is 9.64 Å². The average Bonchev–Trinajstić information content (AvgIpc) is 2.54. The lowest BCUT2D eigenvalue weighted by Crippen LogP contribution is -2.40. The standard InChI is InChI=1S/C16H22N4O/c1-13-14-5-3-4-6-15(14)16(18-17-13)19(2)7-8-20-9-11-21-12-10-20/h3-6H,7-12H2,1-2H3. The predicted octanol–water partition coefficient (Wildman–Crippen LogP) is 1.71. The molecule has 1 aliphatic heterocycles. The van der Waals surface area contributed by atoms with Gasteiger partial charge in [0.05, 0.1) is 18.9 Å². The first-order valence-corrected chi connectivity index (χ1v) is 7.49. The number of aryl methyl sites for hydroxylation is 1. The summed E-state index contributed by atoms with van der Waals surface area (Å²) in [5.74, 6) is 0.962. The van der Waals surface area contributed by atoms with Crippen LogP contribution in [0.5, 0.6) is 0 Å². The van der Waals surface area contributed by atoms with Gasteiger partial charge in [0, 0.05) is 44.0 Å². The highest BCUT2D eigenvalue weighted by atomic mass is 16.5. The Hall–Kier alpha value is -1.72. The van der Waals surface area contributed by atoms with E-state index < -0.39 is 0 Å². The number of fused-ring (bicyclic) bond motifs is 1. The van der Waals surface area contributed by atoms with E-state index in [1.807, 2.05) is 6.92 Å². The van der Waals surface area contributed by atoms with Crippen LogP contribution in [-0.4, -0.2) is 61.5 Å². The maximum absolute atomic E-state index is 5.38. The van der Waals surface area contributed by atoms with E-state index in [1.165, 1.54) is 10.8 Å². The zero-order valence-corrected chi connectivity index (χ0v) is 12.7. The van der Waals surface area contributed by atoms with E-state index in [-0.39, 0.29) is 0 Å². The summed E-state index contributed by atoms with van der Waals surface area (Å²) in [6.45, 7) is 7.72. The summed E-state index contributed by atoms with van der Waals surface area (Å²) in [6, 6.07) is 8.34. The van der Waals surface area contributed by atoms with Crippen LogP contribution < -0.4 is 4.90 Å². The molecule has 0 N–H and O–H groups in total. The minimum atomic E-state index is 0.844. The minimum absolute atomic E-state index is 0.844. The fourth-order valence-electron chi connectivity index (χ4n) is 2.73. The van der Waals surface area contributed by atoms with Crippen molar-refractivity contribution in [2.24, 2.45) is 0 Å². The molecule has 5 nitrogen and oxygen atoms in total. The molecule has 1 aromatic carbocycles. The van der Waals surface area contributed by atoms with Gasteiger partial charge >= 0.3 is 0 Å². The molecule has 112 valence electrons. The smallest absolute Gasteiger partial charge is 0.158 e. The Morgan fingerprint density at radius 1 is 1.14 bits per heavy atom. The fraction of sp³-hybridized carbons (Fsp3) is 0.500. The molecule has 3 rings (SSSR count). The van der Waals surface area contributed by atoms with E-state index in [1.54, 1.807) is 0 Å². The van der Waals surface area contributed by atoms with Gasteiger partial charge in [0.2, 0.25) is 0 Å². The highest BCUT2D eigenvalue weighted by Gasteiger charge is 2.14. The van der Waals surface area contributed by atoms with Crippen molar-refractivity contribution in [1.82, 2.24) is 15.1 Å². The molecule has 5 heteroatoms. The number of hydrogen-bond acceptors (Lipinski definition) is 5. The first-order valence-electron chi connectivity index (χ1n) is 7.49. The number of morpholine rings is 1. The lowest BCUT2D eigenvalue weighted by atomic mass is 10.1. The molecule has 0 bridgehead atoms. The van der Waals surface area contributed by atoms with Crippen molar-refractivity contribution in [3.8, 4) is 0 Å². The topological polar surface area (TPSA) is 41.5 Å². The number of rotatable bonds is 4. The maximum Gasteiger partial charge on any atom is 0.158 e. The van der Waals surface area contributed by atoms with E-state index in [9.17, 15) is 0 Å². The monoisotopic (exact) mass is 286 g/mol. The number of anilines is 1. The summed E-state index contributed by atoms with van der Waals surface area (Å²) in [6.07, 6.45) is 0. The summed E-state index contributed by atoms with van der Waals surface area (Å²) >= 11 is 0. The molecule has 0 amide bonds. The van der Waals surface area contributed by atoms with Gasteiger partial charge in [-0.3, -0.25) is 4.90 Å². The van der Waals surface area contributed by atoms with Crippen LogP contribution >= 0.6 is 0 Å². The molecule has 1 saturated heterocycles. The Morgan fingerprint density at radius 2 is 1.86 bits per heavy atom. The van der Waals surface area contributed by atoms with Crippen molar-refractivity contribution >= 4 is 16.6 Å². The molecule has 0 saturated carbocycles. The molecular formula is C16H22N4O. The Balaban J connectivity index is 1.75. The van der Waals surface area contributed by atoms with Crippen molar-refractivity contribution in [3.63, 3.8) is 0 Å². The van der Waals surface area contributed by atoms with Crippen LogP contribution in [0.2, 0.25) is 0 Å². The fourth-order valence-corrected chi connectivity index (χ4v) is 2.73. The first-order chi connectivity index (χ1) is 10.3. The van der Waals surface area contributed by atoms with Gasteiger partial charge in [0.15, 0.2) is 5.82 Å². The van der Waals surface area contributed by atoms with Crippen LogP contribution in [0.15, 0.2) is 24.3 Å². The molecule has 21 heavy (non-hydrogen) atoms. The SMILES string of the molecule is Cc1nnc(N(C)CCN2CCOCC2)c2ccccc12. The zero-order chi connectivity index (χ0) is 14.7. The Labute approximate surface area is 125 Å². The van der Waals surface area contributed by atoms with Crippen LogP contribution in [0.3, 0.4) is 0 Å². The summed E-state index contributed by atoms with van der Waals surface area (Å²) in [5, 5.41) is 11.1. The van der Waals surface area contributed by atoms with Crippen LogP contribution in [0.1, 0.15) is 5.69 Å². The number of likely N-dealkylation sites (N-methyl/N-ethyl adjacent to an activating group) is 1. The van der Waals surface area contributed by atoms with Gasteiger partial charge in [-0.25, -0.2) is 0 Å². The number of aromatic nitrogens is 2. The largest absolute Gasteiger partial charge is 0.379 e.